The van der Waals surface area contributed by atoms with E-state index in [1.165, 1.54) is 16.4 Å². The Hall–Kier alpha value is -2.45. The molecule has 1 aromatic carbocycles. The molecular formula is C18H24N4O3S. The van der Waals surface area contributed by atoms with E-state index in [0.29, 0.717) is 30.2 Å². The van der Waals surface area contributed by atoms with Crippen molar-refractivity contribution in [2.24, 2.45) is 0 Å². The molecule has 0 aliphatic heterocycles. The van der Waals surface area contributed by atoms with Crippen molar-refractivity contribution in [2.75, 3.05) is 37.4 Å². The predicted octanol–water partition coefficient (Wildman–Crippen LogP) is 2.43. The van der Waals surface area contributed by atoms with E-state index < -0.39 is 10.0 Å². The molecule has 0 atom stereocenters. The minimum atomic E-state index is -3.51. The van der Waals surface area contributed by atoms with Crippen LogP contribution in [0, 0.1) is 0 Å². The average molecular weight is 376 g/mol. The third kappa shape index (κ3) is 4.20. The molecule has 8 heteroatoms. The average Bonchev–Trinajstić information content (AvgIpc) is 2.63. The molecular weight excluding hydrogens is 352 g/mol. The fraction of sp³-hybridized carbons (Fsp3) is 0.333. The van der Waals surface area contributed by atoms with Crippen molar-refractivity contribution >= 4 is 27.4 Å². The summed E-state index contributed by atoms with van der Waals surface area (Å²) in [7, 11) is 0.110. The second-order valence-electron chi connectivity index (χ2n) is 5.84. The Morgan fingerprint density at radius 3 is 2.23 bits per heavy atom. The molecule has 7 nitrogen and oxygen atoms in total. The first-order chi connectivity index (χ1) is 12.3. The highest BCUT2D eigenvalue weighted by Crippen LogP contribution is 2.20. The van der Waals surface area contributed by atoms with Gasteiger partial charge in [0.1, 0.15) is 5.82 Å². The normalized spacial score (nSPS) is 11.4. The Kier molecular flexibility index (Phi) is 6.33. The molecule has 0 saturated carbocycles. The lowest BCUT2D eigenvalue weighted by Gasteiger charge is -2.18. The number of hydrogen-bond acceptors (Lipinski definition) is 5. The van der Waals surface area contributed by atoms with Crippen LogP contribution < -0.4 is 10.2 Å². The van der Waals surface area contributed by atoms with Crippen molar-refractivity contribution in [1.82, 2.24) is 9.29 Å². The fourth-order valence-electron chi connectivity index (χ4n) is 2.55. The molecule has 1 amide bonds. The van der Waals surface area contributed by atoms with Crippen molar-refractivity contribution in [2.45, 2.75) is 18.7 Å². The third-order valence-corrected chi connectivity index (χ3v) is 5.97. The summed E-state index contributed by atoms with van der Waals surface area (Å²) in [6, 6.07) is 9.55. The van der Waals surface area contributed by atoms with Gasteiger partial charge in [0.25, 0.3) is 5.91 Å². The smallest absolute Gasteiger partial charge is 0.259 e. The second kappa shape index (κ2) is 8.29. The lowest BCUT2D eigenvalue weighted by Crippen LogP contribution is -2.30. The highest BCUT2D eigenvalue weighted by Gasteiger charge is 2.21. The van der Waals surface area contributed by atoms with Crippen LogP contribution in [0.5, 0.6) is 0 Å². The van der Waals surface area contributed by atoms with Gasteiger partial charge >= 0.3 is 0 Å². The van der Waals surface area contributed by atoms with Crippen LogP contribution in [0.2, 0.25) is 0 Å². The number of sulfonamides is 1. The molecule has 0 aliphatic carbocycles. The first-order valence-electron chi connectivity index (χ1n) is 8.35. The predicted molar refractivity (Wildman–Crippen MR) is 103 cm³/mol. The van der Waals surface area contributed by atoms with Gasteiger partial charge in [0.15, 0.2) is 0 Å². The van der Waals surface area contributed by atoms with E-state index in [1.54, 1.807) is 49.2 Å². The summed E-state index contributed by atoms with van der Waals surface area (Å²) >= 11 is 0. The molecule has 0 aliphatic rings. The molecule has 26 heavy (non-hydrogen) atoms. The van der Waals surface area contributed by atoms with Gasteiger partial charge < -0.3 is 10.2 Å². The van der Waals surface area contributed by atoms with Crippen molar-refractivity contribution < 1.29 is 13.2 Å². The van der Waals surface area contributed by atoms with E-state index in [2.05, 4.69) is 10.3 Å². The molecule has 1 heterocycles. The Bertz CT molecular complexity index is 860. The van der Waals surface area contributed by atoms with Crippen molar-refractivity contribution in [1.29, 1.82) is 0 Å². The Balaban J connectivity index is 2.21. The number of rotatable bonds is 7. The number of amides is 1. The number of hydrogen-bond donors (Lipinski definition) is 1. The van der Waals surface area contributed by atoms with E-state index in [1.807, 2.05) is 14.1 Å². The van der Waals surface area contributed by atoms with Crippen LogP contribution in [0.15, 0.2) is 47.5 Å². The summed E-state index contributed by atoms with van der Waals surface area (Å²) < 4.78 is 26.4. The Morgan fingerprint density at radius 1 is 1.08 bits per heavy atom. The summed E-state index contributed by atoms with van der Waals surface area (Å²) in [6.45, 7) is 4.41. The van der Waals surface area contributed by atoms with Crippen LogP contribution in [0.25, 0.3) is 0 Å². The highest BCUT2D eigenvalue weighted by molar-refractivity contribution is 7.89. The van der Waals surface area contributed by atoms with E-state index in [0.717, 1.165) is 0 Å². The lowest BCUT2D eigenvalue weighted by molar-refractivity contribution is 0.102. The zero-order valence-corrected chi connectivity index (χ0v) is 16.2. The van der Waals surface area contributed by atoms with Gasteiger partial charge in [0.05, 0.1) is 10.5 Å². The van der Waals surface area contributed by atoms with Gasteiger partial charge in [0.2, 0.25) is 10.0 Å². The first kappa shape index (κ1) is 19.9. The zero-order chi connectivity index (χ0) is 19.3. The quantitative estimate of drug-likeness (QED) is 0.802. The Morgan fingerprint density at radius 2 is 1.69 bits per heavy atom. The monoisotopic (exact) mass is 376 g/mol. The summed E-state index contributed by atoms with van der Waals surface area (Å²) in [5.41, 5.74) is 0.958. The molecule has 0 saturated heterocycles. The van der Waals surface area contributed by atoms with Crippen LogP contribution in [-0.2, 0) is 10.0 Å². The summed E-state index contributed by atoms with van der Waals surface area (Å²) in [5.74, 6) is 0.256. The van der Waals surface area contributed by atoms with Crippen molar-refractivity contribution in [3.63, 3.8) is 0 Å². The van der Waals surface area contributed by atoms with Gasteiger partial charge in [0, 0.05) is 39.1 Å². The van der Waals surface area contributed by atoms with E-state index in [4.69, 9.17) is 0 Å². The second-order valence-corrected chi connectivity index (χ2v) is 7.77. The molecule has 0 spiro atoms. The van der Waals surface area contributed by atoms with E-state index in [-0.39, 0.29) is 10.8 Å². The maximum absolute atomic E-state index is 12.5. The number of carbonyl (C=O) groups is 1. The van der Waals surface area contributed by atoms with Crippen molar-refractivity contribution in [3.05, 3.63) is 48.2 Å². The van der Waals surface area contributed by atoms with Gasteiger partial charge in [-0.15, -0.1) is 0 Å². The lowest BCUT2D eigenvalue weighted by atomic mass is 10.2. The number of nitrogens with zero attached hydrogens (tertiary/aromatic N) is 3. The van der Waals surface area contributed by atoms with Crippen LogP contribution in [0.3, 0.4) is 0 Å². The molecule has 0 bridgehead atoms. The van der Waals surface area contributed by atoms with Gasteiger partial charge in [-0.3, -0.25) is 4.79 Å². The van der Waals surface area contributed by atoms with E-state index >= 15 is 0 Å². The number of pyridine rings is 1. The van der Waals surface area contributed by atoms with Crippen LogP contribution >= 0.6 is 0 Å². The molecule has 0 radical (unpaired) electrons. The molecule has 0 unspecified atom stereocenters. The summed E-state index contributed by atoms with van der Waals surface area (Å²) in [4.78, 5) is 18.7. The fourth-order valence-corrected chi connectivity index (χ4v) is 4.01. The molecule has 140 valence electrons. The molecule has 1 aromatic heterocycles. The molecule has 1 N–H and O–H groups in total. The first-order valence-corrected chi connectivity index (χ1v) is 9.79. The van der Waals surface area contributed by atoms with Gasteiger partial charge in [-0.2, -0.15) is 4.31 Å². The molecule has 2 aromatic rings. The number of anilines is 2. The topological polar surface area (TPSA) is 82.6 Å². The summed E-state index contributed by atoms with van der Waals surface area (Å²) in [5, 5.41) is 2.78. The third-order valence-electron chi connectivity index (χ3n) is 3.91. The Labute approximate surface area is 154 Å². The number of nitrogens with one attached hydrogen (secondary N) is 1. The maximum Gasteiger partial charge on any atom is 0.259 e. The van der Waals surface area contributed by atoms with Crippen LogP contribution in [0.1, 0.15) is 24.2 Å². The number of aromatic nitrogens is 1. The molecule has 0 fully saturated rings. The van der Waals surface area contributed by atoms with Crippen LogP contribution in [0.4, 0.5) is 11.5 Å². The minimum absolute atomic E-state index is 0.203. The van der Waals surface area contributed by atoms with E-state index in [9.17, 15) is 13.2 Å². The van der Waals surface area contributed by atoms with Gasteiger partial charge in [-0.05, 0) is 36.4 Å². The number of carbonyl (C=O) groups excluding carboxylic acids is 1. The molecule has 2 rings (SSSR count). The zero-order valence-electron chi connectivity index (χ0n) is 15.4. The maximum atomic E-state index is 12.5. The van der Waals surface area contributed by atoms with Crippen molar-refractivity contribution in [3.8, 4) is 0 Å². The number of benzene rings is 1. The SMILES string of the molecule is CCN(CC)S(=O)(=O)c1ccc(NC(=O)c2cccnc2N(C)C)cc1. The minimum Gasteiger partial charge on any atom is -0.362 e. The van der Waals surface area contributed by atoms with Gasteiger partial charge in [-0.1, -0.05) is 13.8 Å². The largest absolute Gasteiger partial charge is 0.362 e. The standard InChI is InChI=1S/C18H24N4O3S/c1-5-22(6-2)26(24,25)15-11-9-14(10-12-15)20-18(23)16-8-7-13-19-17(16)21(3)4/h7-13H,5-6H2,1-4H3,(H,20,23). The van der Waals surface area contributed by atoms with Gasteiger partial charge in [-0.25, -0.2) is 13.4 Å². The van der Waals surface area contributed by atoms with Crippen LogP contribution in [-0.4, -0.2) is 50.8 Å². The summed E-state index contributed by atoms with van der Waals surface area (Å²) in [6.07, 6.45) is 1.62. The highest BCUT2D eigenvalue weighted by atomic mass is 32.2.